The van der Waals surface area contributed by atoms with Crippen molar-refractivity contribution in [3.05, 3.63) is 21.1 Å². The van der Waals surface area contributed by atoms with Crippen LogP contribution in [0.2, 0.25) is 5.28 Å². The Balaban J connectivity index is 2.44. The van der Waals surface area contributed by atoms with E-state index in [0.29, 0.717) is 16.8 Å². The summed E-state index contributed by atoms with van der Waals surface area (Å²) in [6, 6.07) is 0. The zero-order valence-electron chi connectivity index (χ0n) is 10.1. The van der Waals surface area contributed by atoms with Crippen molar-refractivity contribution in [3.63, 3.8) is 0 Å². The zero-order valence-corrected chi connectivity index (χ0v) is 11.7. The van der Waals surface area contributed by atoms with Gasteiger partial charge in [-0.2, -0.15) is 16.7 Å². The third-order valence-corrected chi connectivity index (χ3v) is 4.04. The Labute approximate surface area is 114 Å². The summed E-state index contributed by atoms with van der Waals surface area (Å²) in [5.74, 6) is 1.27. The van der Waals surface area contributed by atoms with Gasteiger partial charge in [0, 0.05) is 24.1 Å². The molecule has 1 aromatic rings. The molecule has 2 rings (SSSR count). The maximum absolute atomic E-state index is 11.1. The summed E-state index contributed by atoms with van der Waals surface area (Å²) >= 11 is 7.66. The number of aromatic nitrogens is 2. The zero-order chi connectivity index (χ0) is 13.3. The smallest absolute Gasteiger partial charge is 0.332 e. The molecule has 1 aliphatic rings. The summed E-state index contributed by atoms with van der Waals surface area (Å²) < 4.78 is 0. The number of hydrogen-bond donors (Lipinski definition) is 0. The molecule has 2 heterocycles. The fraction of sp³-hybridized carbons (Fsp3) is 0.600. The molecular formula is C10H13ClN4O2S. The topological polar surface area (TPSA) is 72.2 Å². The second-order valence-electron chi connectivity index (χ2n) is 4.13. The Bertz CT molecular complexity index is 485. The van der Waals surface area contributed by atoms with Gasteiger partial charge in [0.15, 0.2) is 0 Å². The highest BCUT2D eigenvalue weighted by molar-refractivity contribution is 8.00. The second-order valence-corrected chi connectivity index (χ2v) is 6.02. The van der Waals surface area contributed by atoms with Crippen molar-refractivity contribution < 1.29 is 4.92 Å². The quantitative estimate of drug-likeness (QED) is 0.472. The molecule has 0 radical (unpaired) electrons. The Morgan fingerprint density at radius 3 is 2.89 bits per heavy atom. The molecule has 0 aromatic carbocycles. The van der Waals surface area contributed by atoms with E-state index in [1.54, 1.807) is 6.92 Å². The highest BCUT2D eigenvalue weighted by atomic mass is 35.5. The third-order valence-electron chi connectivity index (χ3n) is 2.74. The van der Waals surface area contributed by atoms with E-state index < -0.39 is 4.92 Å². The molecule has 1 atom stereocenters. The Kier molecular flexibility index (Phi) is 3.91. The predicted octanol–water partition coefficient (Wildman–Crippen LogP) is 2.29. The maximum Gasteiger partial charge on any atom is 0.332 e. The monoisotopic (exact) mass is 288 g/mol. The van der Waals surface area contributed by atoms with Crippen molar-refractivity contribution in [2.45, 2.75) is 19.1 Å². The molecule has 98 valence electrons. The van der Waals surface area contributed by atoms with E-state index >= 15 is 0 Å². The number of anilines is 1. The van der Waals surface area contributed by atoms with Crippen LogP contribution in [0.1, 0.15) is 12.6 Å². The van der Waals surface area contributed by atoms with E-state index in [4.69, 9.17) is 11.6 Å². The minimum absolute atomic E-state index is 0.0431. The standard InChI is InChI=1S/C10H13ClN4O2S/c1-6-5-14(3-4-18-6)9-8(15(16)17)7(2)12-10(11)13-9/h6H,3-5H2,1-2H3. The van der Waals surface area contributed by atoms with Gasteiger partial charge in [-0.05, 0) is 18.5 Å². The lowest BCUT2D eigenvalue weighted by Crippen LogP contribution is -2.37. The number of aryl methyl sites for hydroxylation is 1. The van der Waals surface area contributed by atoms with Crippen molar-refractivity contribution >= 4 is 34.9 Å². The minimum atomic E-state index is -0.437. The first kappa shape index (κ1) is 13.4. The van der Waals surface area contributed by atoms with E-state index in [-0.39, 0.29) is 11.0 Å². The molecule has 1 aliphatic heterocycles. The average molecular weight is 289 g/mol. The van der Waals surface area contributed by atoms with Gasteiger partial charge in [-0.25, -0.2) is 4.98 Å². The van der Waals surface area contributed by atoms with Crippen LogP contribution >= 0.6 is 23.4 Å². The van der Waals surface area contributed by atoms with Crippen LogP contribution in [0.3, 0.4) is 0 Å². The molecule has 0 bridgehead atoms. The van der Waals surface area contributed by atoms with Gasteiger partial charge in [0.2, 0.25) is 11.1 Å². The van der Waals surface area contributed by atoms with E-state index in [2.05, 4.69) is 16.9 Å². The normalized spacial score (nSPS) is 19.9. The highest BCUT2D eigenvalue weighted by Crippen LogP contribution is 2.32. The molecule has 0 spiro atoms. The first-order valence-electron chi connectivity index (χ1n) is 5.54. The lowest BCUT2D eigenvalue weighted by atomic mass is 10.3. The molecule has 1 saturated heterocycles. The van der Waals surface area contributed by atoms with Crippen molar-refractivity contribution in [2.75, 3.05) is 23.7 Å². The first-order valence-corrected chi connectivity index (χ1v) is 6.96. The maximum atomic E-state index is 11.1. The number of halogens is 1. The van der Waals surface area contributed by atoms with Crippen molar-refractivity contribution in [3.8, 4) is 0 Å². The van der Waals surface area contributed by atoms with Crippen LogP contribution in [-0.2, 0) is 0 Å². The van der Waals surface area contributed by atoms with Crippen LogP contribution in [0.15, 0.2) is 0 Å². The lowest BCUT2D eigenvalue weighted by Gasteiger charge is -2.31. The SMILES string of the molecule is Cc1nc(Cl)nc(N2CCSC(C)C2)c1[N+](=O)[O-]. The molecule has 0 aliphatic carbocycles. The number of rotatable bonds is 2. The van der Waals surface area contributed by atoms with Crippen LogP contribution in [0.4, 0.5) is 11.5 Å². The summed E-state index contributed by atoms with van der Waals surface area (Å²) in [7, 11) is 0. The van der Waals surface area contributed by atoms with Crippen LogP contribution in [0.5, 0.6) is 0 Å². The molecule has 6 nitrogen and oxygen atoms in total. The molecule has 8 heteroatoms. The summed E-state index contributed by atoms with van der Waals surface area (Å²) in [6.45, 7) is 5.15. The lowest BCUT2D eigenvalue weighted by molar-refractivity contribution is -0.385. The van der Waals surface area contributed by atoms with E-state index in [1.165, 1.54) is 0 Å². The van der Waals surface area contributed by atoms with Crippen molar-refractivity contribution in [1.29, 1.82) is 0 Å². The van der Waals surface area contributed by atoms with Gasteiger partial charge in [-0.15, -0.1) is 0 Å². The van der Waals surface area contributed by atoms with Crippen LogP contribution in [0, 0.1) is 17.0 Å². The molecule has 18 heavy (non-hydrogen) atoms. The molecule has 0 saturated carbocycles. The number of thioether (sulfide) groups is 1. The second kappa shape index (κ2) is 5.27. The van der Waals surface area contributed by atoms with Crippen LogP contribution < -0.4 is 4.90 Å². The Morgan fingerprint density at radius 1 is 1.56 bits per heavy atom. The summed E-state index contributed by atoms with van der Waals surface area (Å²) in [5, 5.41) is 11.6. The van der Waals surface area contributed by atoms with Gasteiger partial charge in [0.05, 0.1) is 4.92 Å². The number of nitrogens with zero attached hydrogens (tertiary/aromatic N) is 4. The van der Waals surface area contributed by atoms with Gasteiger partial charge >= 0.3 is 5.69 Å². The minimum Gasteiger partial charge on any atom is -0.349 e. The largest absolute Gasteiger partial charge is 0.349 e. The summed E-state index contributed by atoms with van der Waals surface area (Å²) in [4.78, 5) is 20.5. The fourth-order valence-corrected chi connectivity index (χ4v) is 3.18. The van der Waals surface area contributed by atoms with E-state index in [1.807, 2.05) is 16.7 Å². The fourth-order valence-electron chi connectivity index (χ4n) is 1.96. The third kappa shape index (κ3) is 2.67. The molecular weight excluding hydrogens is 276 g/mol. The van der Waals surface area contributed by atoms with Gasteiger partial charge in [0.1, 0.15) is 5.69 Å². The van der Waals surface area contributed by atoms with Crippen LogP contribution in [-0.4, -0.2) is 39.0 Å². The Morgan fingerprint density at radius 2 is 2.28 bits per heavy atom. The summed E-state index contributed by atoms with van der Waals surface area (Å²) in [6.07, 6.45) is 0. The molecule has 0 amide bonds. The van der Waals surface area contributed by atoms with Crippen LogP contribution in [0.25, 0.3) is 0 Å². The highest BCUT2D eigenvalue weighted by Gasteiger charge is 2.28. The van der Waals surface area contributed by atoms with E-state index in [0.717, 1.165) is 18.8 Å². The predicted molar refractivity (Wildman–Crippen MR) is 72.6 cm³/mol. The van der Waals surface area contributed by atoms with Gasteiger partial charge in [-0.1, -0.05) is 6.92 Å². The molecule has 1 aromatic heterocycles. The van der Waals surface area contributed by atoms with Gasteiger partial charge < -0.3 is 4.90 Å². The first-order chi connectivity index (χ1) is 8.49. The van der Waals surface area contributed by atoms with Gasteiger partial charge in [-0.3, -0.25) is 10.1 Å². The average Bonchev–Trinajstić information content (AvgIpc) is 2.27. The van der Waals surface area contributed by atoms with Crippen molar-refractivity contribution in [2.24, 2.45) is 0 Å². The van der Waals surface area contributed by atoms with Crippen molar-refractivity contribution in [1.82, 2.24) is 9.97 Å². The Hall–Kier alpha value is -1.08. The molecule has 1 fully saturated rings. The molecule has 1 unspecified atom stereocenters. The van der Waals surface area contributed by atoms with E-state index in [9.17, 15) is 10.1 Å². The van der Waals surface area contributed by atoms with Gasteiger partial charge in [0.25, 0.3) is 0 Å². The number of hydrogen-bond acceptors (Lipinski definition) is 6. The number of nitro groups is 1. The molecule has 0 N–H and O–H groups in total. The summed E-state index contributed by atoms with van der Waals surface area (Å²) in [5.41, 5.74) is 0.263.